The number of Topliss-reactive ketones (excluding diaryl/α,β-unsaturated/α-hetero) is 1. The molecule has 1 aliphatic rings. The molecule has 0 radical (unpaired) electrons. The maximum Gasteiger partial charge on any atom is 0.163 e. The summed E-state index contributed by atoms with van der Waals surface area (Å²) in [6.07, 6.45) is 7.11. The molecule has 0 N–H and O–H groups in total. The van der Waals surface area contributed by atoms with Gasteiger partial charge in [0.05, 0.1) is 0 Å². The second-order valence-electron chi connectivity index (χ2n) is 4.96. The molecule has 0 heterocycles. The number of ketones is 1. The summed E-state index contributed by atoms with van der Waals surface area (Å²) in [6.45, 7) is 0. The second-order valence-corrected chi connectivity index (χ2v) is 5.23. The molecule has 1 aliphatic carbocycles. The number of carbonyl (C=O) groups excluding carboxylic acids is 1. The molecule has 2 rings (SSSR count). The van der Waals surface area contributed by atoms with E-state index in [0.29, 0.717) is 11.8 Å². The van der Waals surface area contributed by atoms with Gasteiger partial charge in [-0.2, -0.15) is 0 Å². The summed E-state index contributed by atoms with van der Waals surface area (Å²) in [6, 6.07) is 7.70. The van der Waals surface area contributed by atoms with E-state index in [4.69, 9.17) is 11.6 Å². The molecule has 1 saturated carbocycles. The Hall–Kier alpha value is -0.820. The highest BCUT2D eigenvalue weighted by molar-refractivity contribution is 6.17. The van der Waals surface area contributed by atoms with E-state index in [1.165, 1.54) is 32.1 Å². The summed E-state index contributed by atoms with van der Waals surface area (Å²) >= 11 is 5.73. The number of carbonyl (C=O) groups is 1. The van der Waals surface area contributed by atoms with E-state index in [9.17, 15) is 4.79 Å². The van der Waals surface area contributed by atoms with Crippen molar-refractivity contribution in [3.63, 3.8) is 0 Å². The Morgan fingerprint density at radius 1 is 1.12 bits per heavy atom. The monoisotopic (exact) mass is 250 g/mol. The number of halogens is 1. The standard InChI is InChI=1S/C15H19ClO/c16-11-13-6-8-14(9-7-13)15(17)10-12-4-2-1-3-5-12/h6-9,12H,1-5,10-11H2. The van der Waals surface area contributed by atoms with E-state index < -0.39 is 0 Å². The van der Waals surface area contributed by atoms with Crippen LogP contribution in [0.2, 0.25) is 0 Å². The fourth-order valence-electron chi connectivity index (χ4n) is 2.55. The van der Waals surface area contributed by atoms with Gasteiger partial charge in [0.1, 0.15) is 0 Å². The van der Waals surface area contributed by atoms with Crippen LogP contribution in [-0.4, -0.2) is 5.78 Å². The fraction of sp³-hybridized carbons (Fsp3) is 0.533. The lowest BCUT2D eigenvalue weighted by Crippen LogP contribution is -2.12. The highest BCUT2D eigenvalue weighted by Gasteiger charge is 2.17. The molecule has 0 spiro atoms. The molecule has 1 nitrogen and oxygen atoms in total. The van der Waals surface area contributed by atoms with Crippen molar-refractivity contribution in [2.75, 3.05) is 0 Å². The second kappa shape index (κ2) is 6.20. The minimum Gasteiger partial charge on any atom is -0.294 e. The molecule has 17 heavy (non-hydrogen) atoms. The van der Waals surface area contributed by atoms with Gasteiger partial charge in [0, 0.05) is 17.9 Å². The zero-order valence-corrected chi connectivity index (χ0v) is 10.9. The van der Waals surface area contributed by atoms with E-state index in [2.05, 4.69) is 0 Å². The maximum absolute atomic E-state index is 12.1. The van der Waals surface area contributed by atoms with Crippen molar-refractivity contribution in [3.8, 4) is 0 Å². The van der Waals surface area contributed by atoms with Crippen LogP contribution in [0.15, 0.2) is 24.3 Å². The largest absolute Gasteiger partial charge is 0.294 e. The smallest absolute Gasteiger partial charge is 0.163 e. The van der Waals surface area contributed by atoms with Gasteiger partial charge >= 0.3 is 0 Å². The van der Waals surface area contributed by atoms with Gasteiger partial charge in [-0.15, -0.1) is 11.6 Å². The van der Waals surface area contributed by atoms with Crippen molar-refractivity contribution in [1.82, 2.24) is 0 Å². The topological polar surface area (TPSA) is 17.1 Å². The van der Waals surface area contributed by atoms with Crippen molar-refractivity contribution in [2.45, 2.75) is 44.4 Å². The van der Waals surface area contributed by atoms with Crippen LogP contribution < -0.4 is 0 Å². The molecule has 1 aromatic carbocycles. The summed E-state index contributed by atoms with van der Waals surface area (Å²) in [4.78, 5) is 12.1. The zero-order valence-electron chi connectivity index (χ0n) is 10.1. The van der Waals surface area contributed by atoms with Crippen LogP contribution in [0.3, 0.4) is 0 Å². The minimum atomic E-state index is 0.290. The number of benzene rings is 1. The van der Waals surface area contributed by atoms with E-state index in [0.717, 1.165) is 17.5 Å². The Kier molecular flexibility index (Phi) is 4.61. The number of rotatable bonds is 4. The summed E-state index contributed by atoms with van der Waals surface area (Å²) < 4.78 is 0. The average molecular weight is 251 g/mol. The van der Waals surface area contributed by atoms with Crippen LogP contribution >= 0.6 is 11.6 Å². The van der Waals surface area contributed by atoms with Crippen LogP contribution in [0, 0.1) is 5.92 Å². The van der Waals surface area contributed by atoms with Crippen molar-refractivity contribution in [3.05, 3.63) is 35.4 Å². The molecule has 0 bridgehead atoms. The van der Waals surface area contributed by atoms with Crippen molar-refractivity contribution in [2.24, 2.45) is 5.92 Å². The first-order chi connectivity index (χ1) is 8.29. The Balaban J connectivity index is 1.93. The van der Waals surface area contributed by atoms with Gasteiger partial charge < -0.3 is 0 Å². The first-order valence-corrected chi connectivity index (χ1v) is 7.01. The average Bonchev–Trinajstić information content (AvgIpc) is 2.40. The van der Waals surface area contributed by atoms with Gasteiger partial charge in [-0.25, -0.2) is 0 Å². The van der Waals surface area contributed by atoms with Crippen molar-refractivity contribution in [1.29, 1.82) is 0 Å². The Morgan fingerprint density at radius 3 is 2.35 bits per heavy atom. The van der Waals surface area contributed by atoms with Gasteiger partial charge in [0.2, 0.25) is 0 Å². The minimum absolute atomic E-state index is 0.290. The number of hydrogen-bond donors (Lipinski definition) is 0. The molecular formula is C15H19ClO. The van der Waals surface area contributed by atoms with E-state index in [1.54, 1.807) is 0 Å². The predicted molar refractivity (Wildman–Crippen MR) is 71.5 cm³/mol. The summed E-state index contributed by atoms with van der Waals surface area (Å²) in [7, 11) is 0. The van der Waals surface area contributed by atoms with Crippen LogP contribution in [0.4, 0.5) is 0 Å². The first-order valence-electron chi connectivity index (χ1n) is 6.47. The third-order valence-corrected chi connectivity index (χ3v) is 3.94. The van der Waals surface area contributed by atoms with Gasteiger partial charge in [-0.05, 0) is 11.5 Å². The third kappa shape index (κ3) is 3.57. The predicted octanol–water partition coefficient (Wildman–Crippen LogP) is 4.58. The molecule has 0 atom stereocenters. The first kappa shape index (κ1) is 12.6. The third-order valence-electron chi connectivity index (χ3n) is 3.63. The molecule has 0 aliphatic heterocycles. The molecule has 2 heteroatoms. The lowest BCUT2D eigenvalue weighted by atomic mass is 9.85. The highest BCUT2D eigenvalue weighted by Crippen LogP contribution is 2.27. The molecule has 0 amide bonds. The van der Waals surface area contributed by atoms with Crippen LogP contribution in [-0.2, 0) is 5.88 Å². The Bertz CT molecular complexity index is 363. The summed E-state index contributed by atoms with van der Waals surface area (Å²) in [5.74, 6) is 1.42. The maximum atomic E-state index is 12.1. The van der Waals surface area contributed by atoms with Gasteiger partial charge in [-0.3, -0.25) is 4.79 Å². The highest BCUT2D eigenvalue weighted by atomic mass is 35.5. The number of hydrogen-bond acceptors (Lipinski definition) is 1. The van der Waals surface area contributed by atoms with E-state index >= 15 is 0 Å². The Morgan fingerprint density at radius 2 is 1.76 bits per heavy atom. The lowest BCUT2D eigenvalue weighted by Gasteiger charge is -2.20. The van der Waals surface area contributed by atoms with E-state index in [-0.39, 0.29) is 5.78 Å². The van der Waals surface area contributed by atoms with Crippen molar-refractivity contribution >= 4 is 17.4 Å². The van der Waals surface area contributed by atoms with Crippen molar-refractivity contribution < 1.29 is 4.79 Å². The SMILES string of the molecule is O=C(CC1CCCCC1)c1ccc(CCl)cc1. The molecule has 1 aromatic rings. The lowest BCUT2D eigenvalue weighted by molar-refractivity contribution is 0.0950. The van der Waals surface area contributed by atoms with Crippen LogP contribution in [0.1, 0.15) is 54.4 Å². The molecule has 0 aromatic heterocycles. The molecular weight excluding hydrogens is 232 g/mol. The summed E-state index contributed by atoms with van der Waals surface area (Å²) in [5.41, 5.74) is 1.91. The van der Waals surface area contributed by atoms with Crippen LogP contribution in [0.5, 0.6) is 0 Å². The quantitative estimate of drug-likeness (QED) is 0.565. The molecule has 0 saturated heterocycles. The normalized spacial score (nSPS) is 17.0. The molecule has 92 valence electrons. The Labute approximate surface area is 108 Å². The molecule has 0 unspecified atom stereocenters. The van der Waals surface area contributed by atoms with Gasteiger partial charge in [0.25, 0.3) is 0 Å². The summed E-state index contributed by atoms with van der Waals surface area (Å²) in [5, 5.41) is 0. The zero-order chi connectivity index (χ0) is 12.1. The van der Waals surface area contributed by atoms with Gasteiger partial charge in [-0.1, -0.05) is 56.4 Å². The fourth-order valence-corrected chi connectivity index (χ4v) is 2.73. The van der Waals surface area contributed by atoms with Gasteiger partial charge in [0.15, 0.2) is 5.78 Å². The van der Waals surface area contributed by atoms with Crippen LogP contribution in [0.25, 0.3) is 0 Å². The molecule has 1 fully saturated rings. The number of alkyl halides is 1. The van der Waals surface area contributed by atoms with E-state index in [1.807, 2.05) is 24.3 Å².